The second-order valence-electron chi connectivity index (χ2n) is 9.03. The molecule has 2 aliphatic rings. The van der Waals surface area contributed by atoms with Crippen molar-refractivity contribution in [2.75, 3.05) is 45.9 Å². The number of aromatic amines is 1. The number of nitrogens with zero attached hydrogens (tertiary/aromatic N) is 4. The number of aromatic nitrogens is 3. The van der Waals surface area contributed by atoms with Crippen molar-refractivity contribution in [2.45, 2.75) is 25.4 Å². The standard InChI is InChI=1S/C26H30N6O2/c1-2-7-31-8-5-22(6-9-31)28-26(33)25-23-15-20(3-4-24(23)29-30-25)21-14-19(16-27-17-21)18-32-10-12-34-13-11-32/h1,3-4,14-17,22H,5-13,18H2,(H,28,33)(H,29,30). The first-order valence-electron chi connectivity index (χ1n) is 11.9. The highest BCUT2D eigenvalue weighted by atomic mass is 16.5. The summed E-state index contributed by atoms with van der Waals surface area (Å²) in [7, 11) is 0. The fraction of sp³-hybridized carbons (Fsp3) is 0.423. The number of hydrogen-bond acceptors (Lipinski definition) is 6. The quantitative estimate of drug-likeness (QED) is 0.552. The molecule has 2 N–H and O–H groups in total. The minimum absolute atomic E-state index is 0.137. The van der Waals surface area contributed by atoms with E-state index in [0.29, 0.717) is 12.2 Å². The molecule has 2 aliphatic heterocycles. The molecule has 3 aromatic rings. The molecule has 0 bridgehead atoms. The van der Waals surface area contributed by atoms with Crippen molar-refractivity contribution >= 4 is 16.8 Å². The number of pyridine rings is 1. The number of piperidine rings is 1. The lowest BCUT2D eigenvalue weighted by Crippen LogP contribution is -2.44. The highest BCUT2D eigenvalue weighted by Crippen LogP contribution is 2.26. The summed E-state index contributed by atoms with van der Waals surface area (Å²) in [5.41, 5.74) is 4.49. The minimum Gasteiger partial charge on any atom is -0.379 e. The van der Waals surface area contributed by atoms with E-state index in [2.05, 4.69) is 42.3 Å². The highest BCUT2D eigenvalue weighted by Gasteiger charge is 2.23. The maximum Gasteiger partial charge on any atom is 0.272 e. The van der Waals surface area contributed by atoms with Gasteiger partial charge in [-0.3, -0.25) is 24.7 Å². The third-order valence-electron chi connectivity index (χ3n) is 6.65. The summed E-state index contributed by atoms with van der Waals surface area (Å²) in [6.07, 6.45) is 11.0. The van der Waals surface area contributed by atoms with Gasteiger partial charge in [0.25, 0.3) is 5.91 Å². The Labute approximate surface area is 199 Å². The topological polar surface area (TPSA) is 86.4 Å². The molecule has 176 valence electrons. The van der Waals surface area contributed by atoms with Crippen LogP contribution in [-0.2, 0) is 11.3 Å². The van der Waals surface area contributed by atoms with Gasteiger partial charge in [-0.2, -0.15) is 5.10 Å². The molecule has 8 heteroatoms. The average molecular weight is 459 g/mol. The number of rotatable bonds is 6. The lowest BCUT2D eigenvalue weighted by Gasteiger charge is -2.30. The second kappa shape index (κ2) is 10.3. The fourth-order valence-corrected chi connectivity index (χ4v) is 4.73. The third kappa shape index (κ3) is 5.12. The first-order valence-corrected chi connectivity index (χ1v) is 11.9. The molecule has 5 rings (SSSR count). The van der Waals surface area contributed by atoms with E-state index in [4.69, 9.17) is 11.2 Å². The number of carbonyl (C=O) groups is 1. The number of benzene rings is 1. The Kier molecular flexibility index (Phi) is 6.86. The van der Waals surface area contributed by atoms with Crippen molar-refractivity contribution in [3.63, 3.8) is 0 Å². The Morgan fingerprint density at radius 2 is 1.94 bits per heavy atom. The van der Waals surface area contributed by atoms with Gasteiger partial charge in [0.05, 0.1) is 25.3 Å². The van der Waals surface area contributed by atoms with Crippen LogP contribution in [0, 0.1) is 12.3 Å². The van der Waals surface area contributed by atoms with Gasteiger partial charge in [-0.1, -0.05) is 12.0 Å². The first-order chi connectivity index (χ1) is 16.7. The predicted octanol–water partition coefficient (Wildman–Crippen LogP) is 2.28. The monoisotopic (exact) mass is 458 g/mol. The predicted molar refractivity (Wildman–Crippen MR) is 131 cm³/mol. The van der Waals surface area contributed by atoms with Crippen molar-refractivity contribution in [3.05, 3.63) is 47.9 Å². The van der Waals surface area contributed by atoms with E-state index in [0.717, 1.165) is 80.8 Å². The van der Waals surface area contributed by atoms with Crippen LogP contribution in [0.2, 0.25) is 0 Å². The van der Waals surface area contributed by atoms with Gasteiger partial charge in [-0.25, -0.2) is 0 Å². The molecule has 0 unspecified atom stereocenters. The Morgan fingerprint density at radius 3 is 2.74 bits per heavy atom. The molecule has 2 saturated heterocycles. The molecule has 4 heterocycles. The molecule has 0 spiro atoms. The largest absolute Gasteiger partial charge is 0.379 e. The number of nitrogens with one attached hydrogen (secondary N) is 2. The molecule has 0 atom stereocenters. The molecule has 8 nitrogen and oxygen atoms in total. The van der Waals surface area contributed by atoms with E-state index in [1.807, 2.05) is 30.6 Å². The summed E-state index contributed by atoms with van der Waals surface area (Å²) in [6.45, 7) is 6.74. The molecule has 1 aromatic carbocycles. The van der Waals surface area contributed by atoms with Gasteiger partial charge >= 0.3 is 0 Å². The number of amides is 1. The van der Waals surface area contributed by atoms with Crippen LogP contribution in [0.15, 0.2) is 36.7 Å². The van der Waals surface area contributed by atoms with Gasteiger partial charge in [0, 0.05) is 62.1 Å². The Bertz CT molecular complexity index is 1190. The molecule has 0 aliphatic carbocycles. The molecule has 2 fully saturated rings. The molecule has 0 saturated carbocycles. The van der Waals surface area contributed by atoms with E-state index in [1.165, 1.54) is 5.56 Å². The van der Waals surface area contributed by atoms with Gasteiger partial charge in [0.1, 0.15) is 0 Å². The van der Waals surface area contributed by atoms with E-state index in [1.54, 1.807) is 0 Å². The number of ether oxygens (including phenoxy) is 1. The van der Waals surface area contributed by atoms with Gasteiger partial charge in [0.15, 0.2) is 5.69 Å². The lowest BCUT2D eigenvalue weighted by molar-refractivity contribution is 0.0341. The number of likely N-dealkylation sites (tertiary alicyclic amines) is 1. The Balaban J connectivity index is 1.31. The van der Waals surface area contributed by atoms with Crippen molar-refractivity contribution in [1.82, 2.24) is 30.3 Å². The Morgan fingerprint density at radius 1 is 1.12 bits per heavy atom. The summed E-state index contributed by atoms with van der Waals surface area (Å²) in [4.78, 5) is 22.1. The zero-order chi connectivity index (χ0) is 23.3. The molecule has 1 amide bonds. The fourth-order valence-electron chi connectivity index (χ4n) is 4.73. The van der Waals surface area contributed by atoms with Crippen LogP contribution in [0.1, 0.15) is 28.9 Å². The second-order valence-corrected chi connectivity index (χ2v) is 9.03. The van der Waals surface area contributed by atoms with E-state index < -0.39 is 0 Å². The average Bonchev–Trinajstić information content (AvgIpc) is 3.30. The number of carbonyl (C=O) groups excluding carboxylic acids is 1. The summed E-state index contributed by atoms with van der Waals surface area (Å²) in [5, 5.41) is 11.3. The van der Waals surface area contributed by atoms with Gasteiger partial charge in [-0.15, -0.1) is 6.42 Å². The van der Waals surface area contributed by atoms with Crippen molar-refractivity contribution in [2.24, 2.45) is 0 Å². The van der Waals surface area contributed by atoms with Crippen LogP contribution < -0.4 is 5.32 Å². The summed E-state index contributed by atoms with van der Waals surface area (Å²) in [6, 6.07) is 8.35. The van der Waals surface area contributed by atoms with Gasteiger partial charge < -0.3 is 10.1 Å². The van der Waals surface area contributed by atoms with Crippen LogP contribution in [0.25, 0.3) is 22.0 Å². The summed E-state index contributed by atoms with van der Waals surface area (Å²) in [5.74, 6) is 2.55. The van der Waals surface area contributed by atoms with Crippen LogP contribution in [0.3, 0.4) is 0 Å². The van der Waals surface area contributed by atoms with Crippen LogP contribution in [0.4, 0.5) is 0 Å². The third-order valence-corrected chi connectivity index (χ3v) is 6.65. The van der Waals surface area contributed by atoms with Crippen molar-refractivity contribution in [1.29, 1.82) is 0 Å². The van der Waals surface area contributed by atoms with Crippen LogP contribution in [-0.4, -0.2) is 82.9 Å². The number of terminal acetylenes is 1. The zero-order valence-electron chi connectivity index (χ0n) is 19.3. The van der Waals surface area contributed by atoms with Gasteiger partial charge in [-0.05, 0) is 42.2 Å². The van der Waals surface area contributed by atoms with E-state index >= 15 is 0 Å². The van der Waals surface area contributed by atoms with Crippen LogP contribution >= 0.6 is 0 Å². The van der Waals surface area contributed by atoms with Crippen molar-refractivity contribution < 1.29 is 9.53 Å². The van der Waals surface area contributed by atoms with E-state index in [9.17, 15) is 4.79 Å². The molecule has 34 heavy (non-hydrogen) atoms. The van der Waals surface area contributed by atoms with Crippen molar-refractivity contribution in [3.8, 4) is 23.5 Å². The highest BCUT2D eigenvalue weighted by molar-refractivity contribution is 6.05. The lowest BCUT2D eigenvalue weighted by atomic mass is 10.0. The molecule has 0 radical (unpaired) electrons. The number of hydrogen-bond donors (Lipinski definition) is 2. The molecular weight excluding hydrogens is 428 g/mol. The molecular formula is C26H30N6O2. The smallest absolute Gasteiger partial charge is 0.272 e. The SMILES string of the molecule is C#CCN1CCC(NC(=O)c2n[nH]c3ccc(-c4cncc(CN5CCOCC5)c4)cc23)CC1. The summed E-state index contributed by atoms with van der Waals surface area (Å²) < 4.78 is 5.45. The maximum atomic E-state index is 13.1. The summed E-state index contributed by atoms with van der Waals surface area (Å²) >= 11 is 0. The van der Waals surface area contributed by atoms with Crippen LogP contribution in [0.5, 0.6) is 0 Å². The van der Waals surface area contributed by atoms with E-state index in [-0.39, 0.29) is 11.9 Å². The minimum atomic E-state index is -0.141. The molecule has 2 aromatic heterocycles. The number of H-pyrrole nitrogens is 1. The maximum absolute atomic E-state index is 13.1. The first kappa shape index (κ1) is 22.5. The normalized spacial score (nSPS) is 18.1. The Hall–Kier alpha value is -3.25. The number of morpholine rings is 1. The zero-order valence-corrected chi connectivity index (χ0v) is 19.3. The number of fused-ring (bicyclic) bond motifs is 1. The van der Waals surface area contributed by atoms with Gasteiger partial charge in [0.2, 0.25) is 0 Å².